The summed E-state index contributed by atoms with van der Waals surface area (Å²) in [6.07, 6.45) is 6.18. The highest BCUT2D eigenvalue weighted by Gasteiger charge is 2.16. The standard InChI is InChI=1S/C19H23N3O2S/c1-13(23)20-16-9-5-6-14(10-16)19-22-17(12-25-19)11-18(24)21-15-7-3-2-4-8-15/h5-6,9-10,12,15H,2-4,7-8,11H2,1H3,(H,20,23)(H,21,24). The number of anilines is 1. The molecular formula is C19H23N3O2S. The molecule has 0 unspecified atom stereocenters. The first-order valence-electron chi connectivity index (χ1n) is 8.72. The quantitative estimate of drug-likeness (QED) is 0.856. The summed E-state index contributed by atoms with van der Waals surface area (Å²) in [5, 5.41) is 8.68. The van der Waals surface area contributed by atoms with Crippen LogP contribution in [0, 0.1) is 0 Å². The largest absolute Gasteiger partial charge is 0.353 e. The zero-order chi connectivity index (χ0) is 17.6. The minimum atomic E-state index is -0.101. The summed E-state index contributed by atoms with van der Waals surface area (Å²) in [5.74, 6) is -0.0490. The molecule has 25 heavy (non-hydrogen) atoms. The number of hydrogen-bond donors (Lipinski definition) is 2. The van der Waals surface area contributed by atoms with Crippen LogP contribution in [0.15, 0.2) is 29.6 Å². The Balaban J connectivity index is 1.62. The number of thiazole rings is 1. The van der Waals surface area contributed by atoms with Crippen LogP contribution in [0.4, 0.5) is 5.69 Å². The molecule has 0 spiro atoms. The Hall–Kier alpha value is -2.21. The smallest absolute Gasteiger partial charge is 0.226 e. The second-order valence-electron chi connectivity index (χ2n) is 6.49. The number of benzene rings is 1. The lowest BCUT2D eigenvalue weighted by atomic mass is 9.95. The van der Waals surface area contributed by atoms with Gasteiger partial charge in [0.05, 0.1) is 12.1 Å². The van der Waals surface area contributed by atoms with Crippen molar-refractivity contribution in [3.05, 3.63) is 35.3 Å². The molecule has 6 heteroatoms. The minimum absolute atomic E-state index is 0.0516. The van der Waals surface area contributed by atoms with Crippen molar-refractivity contribution in [2.75, 3.05) is 5.32 Å². The summed E-state index contributed by atoms with van der Waals surface area (Å²) < 4.78 is 0. The SMILES string of the molecule is CC(=O)Nc1cccc(-c2nc(CC(=O)NC3CCCCC3)cs2)c1. The van der Waals surface area contributed by atoms with E-state index in [1.807, 2.05) is 29.6 Å². The van der Waals surface area contributed by atoms with Crippen LogP contribution >= 0.6 is 11.3 Å². The molecule has 1 heterocycles. The molecule has 1 aliphatic carbocycles. The topological polar surface area (TPSA) is 71.1 Å². The van der Waals surface area contributed by atoms with Gasteiger partial charge in [-0.25, -0.2) is 4.98 Å². The molecule has 132 valence electrons. The van der Waals surface area contributed by atoms with E-state index < -0.39 is 0 Å². The monoisotopic (exact) mass is 357 g/mol. The van der Waals surface area contributed by atoms with Gasteiger partial charge in [0.1, 0.15) is 5.01 Å². The van der Waals surface area contributed by atoms with Crippen molar-refractivity contribution in [3.8, 4) is 10.6 Å². The summed E-state index contributed by atoms with van der Waals surface area (Å²) in [7, 11) is 0. The number of hydrogen-bond acceptors (Lipinski definition) is 4. The maximum Gasteiger partial charge on any atom is 0.226 e. The van der Waals surface area contributed by atoms with E-state index in [4.69, 9.17) is 0 Å². The lowest BCUT2D eigenvalue weighted by Gasteiger charge is -2.22. The molecule has 0 aliphatic heterocycles. The zero-order valence-corrected chi connectivity index (χ0v) is 15.2. The van der Waals surface area contributed by atoms with E-state index in [9.17, 15) is 9.59 Å². The second kappa shape index (κ2) is 8.25. The van der Waals surface area contributed by atoms with Gasteiger partial charge in [-0.3, -0.25) is 9.59 Å². The highest BCUT2D eigenvalue weighted by molar-refractivity contribution is 7.13. The maximum absolute atomic E-state index is 12.2. The second-order valence-corrected chi connectivity index (χ2v) is 7.34. The molecule has 1 aliphatic rings. The van der Waals surface area contributed by atoms with Gasteiger partial charge in [0.25, 0.3) is 0 Å². The molecule has 5 nitrogen and oxygen atoms in total. The average molecular weight is 357 g/mol. The van der Waals surface area contributed by atoms with Gasteiger partial charge in [0, 0.05) is 29.6 Å². The van der Waals surface area contributed by atoms with E-state index in [-0.39, 0.29) is 11.8 Å². The molecule has 0 bridgehead atoms. The van der Waals surface area contributed by atoms with Crippen LogP contribution in [0.5, 0.6) is 0 Å². The van der Waals surface area contributed by atoms with Crippen LogP contribution in [0.3, 0.4) is 0 Å². The Morgan fingerprint density at radius 2 is 2.04 bits per heavy atom. The van der Waals surface area contributed by atoms with Crippen molar-refractivity contribution in [2.45, 2.75) is 51.5 Å². The fourth-order valence-electron chi connectivity index (χ4n) is 3.14. The Kier molecular flexibility index (Phi) is 5.81. The molecule has 2 amide bonds. The molecule has 0 saturated heterocycles. The summed E-state index contributed by atoms with van der Waals surface area (Å²) in [4.78, 5) is 28.0. The normalized spacial score (nSPS) is 14.9. The molecule has 1 saturated carbocycles. The minimum Gasteiger partial charge on any atom is -0.353 e. The fourth-order valence-corrected chi connectivity index (χ4v) is 3.96. The van der Waals surface area contributed by atoms with E-state index >= 15 is 0 Å². The Labute approximate surface area is 151 Å². The summed E-state index contributed by atoms with van der Waals surface area (Å²) in [5.41, 5.74) is 2.48. The lowest BCUT2D eigenvalue weighted by molar-refractivity contribution is -0.121. The number of nitrogens with one attached hydrogen (secondary N) is 2. The van der Waals surface area contributed by atoms with Crippen molar-refractivity contribution < 1.29 is 9.59 Å². The van der Waals surface area contributed by atoms with Gasteiger partial charge < -0.3 is 10.6 Å². The summed E-state index contributed by atoms with van der Waals surface area (Å²) in [6, 6.07) is 7.91. The fraction of sp³-hybridized carbons (Fsp3) is 0.421. The summed E-state index contributed by atoms with van der Waals surface area (Å²) in [6.45, 7) is 1.49. The summed E-state index contributed by atoms with van der Waals surface area (Å²) >= 11 is 1.51. The molecule has 0 radical (unpaired) electrons. The first-order chi connectivity index (χ1) is 12.1. The van der Waals surface area contributed by atoms with Crippen LogP contribution in [0.1, 0.15) is 44.7 Å². The Morgan fingerprint density at radius 1 is 1.24 bits per heavy atom. The van der Waals surface area contributed by atoms with Crippen LogP contribution in [-0.4, -0.2) is 22.8 Å². The van der Waals surface area contributed by atoms with Gasteiger partial charge in [0.15, 0.2) is 0 Å². The number of rotatable bonds is 5. The van der Waals surface area contributed by atoms with Crippen molar-refractivity contribution >= 4 is 28.8 Å². The van der Waals surface area contributed by atoms with Crippen molar-refractivity contribution in [1.82, 2.24) is 10.3 Å². The van der Waals surface area contributed by atoms with E-state index in [1.54, 1.807) is 0 Å². The average Bonchev–Trinajstić information content (AvgIpc) is 3.04. The van der Waals surface area contributed by atoms with Crippen LogP contribution in [0.2, 0.25) is 0 Å². The van der Waals surface area contributed by atoms with Crippen LogP contribution in [-0.2, 0) is 16.0 Å². The Morgan fingerprint density at radius 3 is 2.80 bits per heavy atom. The predicted octanol–water partition coefficient (Wildman–Crippen LogP) is 3.76. The van der Waals surface area contributed by atoms with Crippen molar-refractivity contribution in [2.24, 2.45) is 0 Å². The van der Waals surface area contributed by atoms with Gasteiger partial charge >= 0.3 is 0 Å². The molecule has 1 fully saturated rings. The molecular weight excluding hydrogens is 334 g/mol. The first kappa shape index (κ1) is 17.6. The van der Waals surface area contributed by atoms with Gasteiger partial charge in [0.2, 0.25) is 11.8 Å². The number of amides is 2. The van der Waals surface area contributed by atoms with Gasteiger partial charge in [-0.05, 0) is 25.0 Å². The Bertz CT molecular complexity index is 751. The molecule has 1 aromatic carbocycles. The number of aromatic nitrogens is 1. The first-order valence-corrected chi connectivity index (χ1v) is 9.60. The number of nitrogens with zero attached hydrogens (tertiary/aromatic N) is 1. The number of carbonyl (C=O) groups is 2. The predicted molar refractivity (Wildman–Crippen MR) is 101 cm³/mol. The lowest BCUT2D eigenvalue weighted by Crippen LogP contribution is -2.37. The van der Waals surface area contributed by atoms with Crippen LogP contribution < -0.4 is 10.6 Å². The van der Waals surface area contributed by atoms with Crippen LogP contribution in [0.25, 0.3) is 10.6 Å². The molecule has 0 atom stereocenters. The molecule has 3 rings (SSSR count). The molecule has 2 aromatic rings. The van der Waals surface area contributed by atoms with E-state index in [0.29, 0.717) is 12.5 Å². The van der Waals surface area contributed by atoms with Gasteiger partial charge in [-0.2, -0.15) is 0 Å². The zero-order valence-electron chi connectivity index (χ0n) is 14.4. The number of carbonyl (C=O) groups excluding carboxylic acids is 2. The third-order valence-electron chi connectivity index (χ3n) is 4.29. The maximum atomic E-state index is 12.2. The van der Waals surface area contributed by atoms with E-state index in [1.165, 1.54) is 37.5 Å². The molecule has 1 aromatic heterocycles. The highest BCUT2D eigenvalue weighted by atomic mass is 32.1. The van der Waals surface area contributed by atoms with E-state index in [2.05, 4.69) is 15.6 Å². The van der Waals surface area contributed by atoms with Crippen molar-refractivity contribution in [1.29, 1.82) is 0 Å². The highest BCUT2D eigenvalue weighted by Crippen LogP contribution is 2.26. The third kappa shape index (κ3) is 5.13. The van der Waals surface area contributed by atoms with Crippen molar-refractivity contribution in [3.63, 3.8) is 0 Å². The van der Waals surface area contributed by atoms with Gasteiger partial charge in [-0.15, -0.1) is 11.3 Å². The third-order valence-corrected chi connectivity index (χ3v) is 5.23. The van der Waals surface area contributed by atoms with Gasteiger partial charge in [-0.1, -0.05) is 31.4 Å². The molecule has 2 N–H and O–H groups in total. The van der Waals surface area contributed by atoms with E-state index in [0.717, 1.165) is 34.8 Å².